The number of hydroxylamine groups is 1. The van der Waals surface area contributed by atoms with Crippen LogP contribution in [0.15, 0.2) is 18.2 Å². The van der Waals surface area contributed by atoms with E-state index in [0.29, 0.717) is 5.75 Å². The van der Waals surface area contributed by atoms with Crippen LogP contribution in [0.4, 0.5) is 0 Å². The molecule has 0 heterocycles. The van der Waals surface area contributed by atoms with E-state index in [9.17, 15) is 5.11 Å². The van der Waals surface area contributed by atoms with Gasteiger partial charge in [0, 0.05) is 11.6 Å². The summed E-state index contributed by atoms with van der Waals surface area (Å²) in [7, 11) is 1.57. The highest BCUT2D eigenvalue weighted by atomic mass is 16.7. The maximum atomic E-state index is 9.85. The molecule has 0 aliphatic carbocycles. The fourth-order valence-electron chi connectivity index (χ4n) is 1.35. The molecule has 0 aromatic heterocycles. The highest BCUT2D eigenvalue weighted by Crippen LogP contribution is 2.28. The lowest BCUT2D eigenvalue weighted by Gasteiger charge is -2.23. The van der Waals surface area contributed by atoms with Crippen molar-refractivity contribution in [1.29, 1.82) is 0 Å². The molecule has 1 unspecified atom stereocenters. The number of hydrogen-bond donors (Lipinski definition) is 2. The van der Waals surface area contributed by atoms with Gasteiger partial charge in [-0.2, -0.15) is 5.48 Å². The summed E-state index contributed by atoms with van der Waals surface area (Å²) < 4.78 is 5.03. The van der Waals surface area contributed by atoms with Gasteiger partial charge in [0.2, 0.25) is 0 Å². The molecule has 2 N–H and O–H groups in total. The first-order valence-corrected chi connectivity index (χ1v) is 5.64. The molecule has 0 radical (unpaired) electrons. The molecule has 96 valence electrons. The van der Waals surface area contributed by atoms with Crippen molar-refractivity contribution in [2.75, 3.05) is 7.11 Å². The van der Waals surface area contributed by atoms with Gasteiger partial charge in [-0.25, -0.2) is 0 Å². The van der Waals surface area contributed by atoms with Crippen LogP contribution in [0.2, 0.25) is 0 Å². The van der Waals surface area contributed by atoms with Gasteiger partial charge >= 0.3 is 0 Å². The Morgan fingerprint density at radius 1 is 1.29 bits per heavy atom. The van der Waals surface area contributed by atoms with Gasteiger partial charge in [-0.1, -0.05) is 6.07 Å². The van der Waals surface area contributed by atoms with Crippen LogP contribution in [-0.2, 0) is 4.84 Å². The first-order valence-electron chi connectivity index (χ1n) is 5.64. The van der Waals surface area contributed by atoms with Crippen molar-refractivity contribution in [3.8, 4) is 11.5 Å². The van der Waals surface area contributed by atoms with E-state index in [0.717, 1.165) is 5.56 Å². The summed E-state index contributed by atoms with van der Waals surface area (Å²) in [5.41, 5.74) is 3.42. The molecule has 0 fully saturated rings. The molecule has 1 aromatic rings. The number of hydrogen-bond acceptors (Lipinski definition) is 4. The third-order valence-electron chi connectivity index (χ3n) is 2.25. The first-order chi connectivity index (χ1) is 7.83. The van der Waals surface area contributed by atoms with Gasteiger partial charge in [-0.3, -0.25) is 4.84 Å². The van der Waals surface area contributed by atoms with E-state index < -0.39 is 0 Å². The third-order valence-corrected chi connectivity index (χ3v) is 2.25. The van der Waals surface area contributed by atoms with Gasteiger partial charge in [0.25, 0.3) is 0 Å². The van der Waals surface area contributed by atoms with Crippen molar-refractivity contribution in [2.24, 2.45) is 0 Å². The minimum atomic E-state index is -0.268. The van der Waals surface area contributed by atoms with E-state index in [4.69, 9.17) is 9.57 Å². The number of phenolic OH excluding ortho intramolecular Hbond substituents is 1. The lowest BCUT2D eigenvalue weighted by Crippen LogP contribution is -2.31. The number of ether oxygens (including phenoxy) is 1. The number of phenols is 1. The predicted octanol–water partition coefficient (Wildman–Crippen LogP) is 2.78. The second-order valence-electron chi connectivity index (χ2n) is 4.98. The van der Waals surface area contributed by atoms with Crippen LogP contribution in [0.3, 0.4) is 0 Å². The minimum absolute atomic E-state index is 0.0971. The fourth-order valence-corrected chi connectivity index (χ4v) is 1.35. The summed E-state index contributed by atoms with van der Waals surface area (Å²) in [6.45, 7) is 7.80. The van der Waals surface area contributed by atoms with Crippen molar-refractivity contribution in [3.05, 3.63) is 23.8 Å². The molecular weight excluding hydrogens is 218 g/mol. The van der Waals surface area contributed by atoms with Gasteiger partial charge in [0.05, 0.1) is 18.8 Å². The summed E-state index contributed by atoms with van der Waals surface area (Å²) in [5.74, 6) is 0.831. The molecule has 1 rings (SSSR count). The van der Waals surface area contributed by atoms with Crippen molar-refractivity contribution in [2.45, 2.75) is 39.3 Å². The average molecular weight is 239 g/mol. The zero-order valence-corrected chi connectivity index (χ0v) is 11.1. The van der Waals surface area contributed by atoms with Crippen molar-refractivity contribution >= 4 is 0 Å². The minimum Gasteiger partial charge on any atom is -0.507 e. The second-order valence-corrected chi connectivity index (χ2v) is 4.98. The lowest BCUT2D eigenvalue weighted by atomic mass is 10.1. The summed E-state index contributed by atoms with van der Waals surface area (Å²) in [6.07, 6.45) is 0. The average Bonchev–Trinajstić information content (AvgIpc) is 2.24. The van der Waals surface area contributed by atoms with Crippen molar-refractivity contribution in [3.63, 3.8) is 0 Å². The number of aromatic hydroxyl groups is 1. The molecule has 0 aliphatic heterocycles. The highest BCUT2D eigenvalue weighted by molar-refractivity contribution is 5.41. The van der Waals surface area contributed by atoms with Crippen LogP contribution in [0.25, 0.3) is 0 Å². The quantitative estimate of drug-likeness (QED) is 0.793. The van der Waals surface area contributed by atoms with E-state index in [-0.39, 0.29) is 17.4 Å². The Hall–Kier alpha value is -1.26. The summed E-state index contributed by atoms with van der Waals surface area (Å²) in [4.78, 5) is 5.46. The molecule has 17 heavy (non-hydrogen) atoms. The Kier molecular flexibility index (Phi) is 4.37. The zero-order chi connectivity index (χ0) is 13.1. The Morgan fingerprint density at radius 2 is 1.94 bits per heavy atom. The highest BCUT2D eigenvalue weighted by Gasteiger charge is 2.15. The molecule has 0 spiro atoms. The van der Waals surface area contributed by atoms with Crippen LogP contribution >= 0.6 is 0 Å². The maximum absolute atomic E-state index is 9.85. The van der Waals surface area contributed by atoms with Crippen LogP contribution in [0.1, 0.15) is 39.3 Å². The SMILES string of the molecule is COc1ccc(C(C)NOC(C)(C)C)c(O)c1. The van der Waals surface area contributed by atoms with Gasteiger partial charge in [0.1, 0.15) is 11.5 Å². The van der Waals surface area contributed by atoms with Gasteiger partial charge < -0.3 is 9.84 Å². The Morgan fingerprint density at radius 3 is 2.41 bits per heavy atom. The van der Waals surface area contributed by atoms with Crippen molar-refractivity contribution in [1.82, 2.24) is 5.48 Å². The number of methoxy groups -OCH3 is 1. The zero-order valence-electron chi connectivity index (χ0n) is 11.1. The van der Waals surface area contributed by atoms with Crippen LogP contribution in [0.5, 0.6) is 11.5 Å². The maximum Gasteiger partial charge on any atom is 0.124 e. The Labute approximate surface area is 103 Å². The molecule has 0 saturated carbocycles. The van der Waals surface area contributed by atoms with Gasteiger partial charge in [-0.15, -0.1) is 0 Å². The standard InChI is InChI=1S/C13H21NO3/c1-9(14-17-13(2,3)4)11-7-6-10(16-5)8-12(11)15/h6-9,14-15H,1-5H3. The topological polar surface area (TPSA) is 50.7 Å². The first kappa shape index (κ1) is 13.8. The molecular formula is C13H21NO3. The van der Waals surface area contributed by atoms with E-state index in [2.05, 4.69) is 5.48 Å². The van der Waals surface area contributed by atoms with Crippen LogP contribution < -0.4 is 10.2 Å². The molecule has 0 aliphatic rings. The van der Waals surface area contributed by atoms with E-state index >= 15 is 0 Å². The molecule has 0 amide bonds. The largest absolute Gasteiger partial charge is 0.507 e. The monoisotopic (exact) mass is 239 g/mol. The van der Waals surface area contributed by atoms with Crippen LogP contribution in [-0.4, -0.2) is 17.8 Å². The summed E-state index contributed by atoms with van der Waals surface area (Å²) in [5, 5.41) is 9.85. The molecule has 1 aromatic carbocycles. The molecule has 1 atom stereocenters. The smallest absolute Gasteiger partial charge is 0.124 e. The van der Waals surface area contributed by atoms with Crippen molar-refractivity contribution < 1.29 is 14.7 Å². The summed E-state index contributed by atoms with van der Waals surface area (Å²) >= 11 is 0. The predicted molar refractivity (Wildman–Crippen MR) is 67.0 cm³/mol. The molecule has 0 saturated heterocycles. The lowest BCUT2D eigenvalue weighted by molar-refractivity contribution is -0.0868. The Bertz CT molecular complexity index is 371. The molecule has 4 heteroatoms. The Balaban J connectivity index is 2.72. The third kappa shape index (κ3) is 4.24. The van der Waals surface area contributed by atoms with E-state index in [1.807, 2.05) is 39.8 Å². The number of benzene rings is 1. The van der Waals surface area contributed by atoms with E-state index in [1.165, 1.54) is 0 Å². The van der Waals surface area contributed by atoms with Gasteiger partial charge in [-0.05, 0) is 33.8 Å². The normalized spacial score (nSPS) is 13.5. The van der Waals surface area contributed by atoms with E-state index in [1.54, 1.807) is 13.2 Å². The molecule has 0 bridgehead atoms. The number of nitrogens with one attached hydrogen (secondary N) is 1. The molecule has 4 nitrogen and oxygen atoms in total. The fraction of sp³-hybridized carbons (Fsp3) is 0.538. The second kappa shape index (κ2) is 5.38. The van der Waals surface area contributed by atoms with Gasteiger partial charge in [0.15, 0.2) is 0 Å². The van der Waals surface area contributed by atoms with Crippen LogP contribution in [0, 0.1) is 0 Å². The number of rotatable bonds is 4. The summed E-state index contributed by atoms with van der Waals surface area (Å²) in [6, 6.07) is 5.12.